The molecule has 0 aliphatic carbocycles. The van der Waals surface area contributed by atoms with Gasteiger partial charge < -0.3 is 10.6 Å². The highest BCUT2D eigenvalue weighted by atomic mass is 15.4. The van der Waals surface area contributed by atoms with E-state index >= 15 is 0 Å². The number of nitrogens with one attached hydrogen (secondary N) is 1. The Morgan fingerprint density at radius 3 is 2.78 bits per heavy atom. The van der Waals surface area contributed by atoms with E-state index in [4.69, 9.17) is 5.73 Å². The molecular weight excluding hydrogens is 226 g/mol. The van der Waals surface area contributed by atoms with E-state index in [1.165, 1.54) is 0 Å². The molecule has 2 atom stereocenters. The summed E-state index contributed by atoms with van der Waals surface area (Å²) in [5.74, 6) is 2.92. The van der Waals surface area contributed by atoms with Crippen LogP contribution in [-0.2, 0) is 0 Å². The minimum atomic E-state index is 0.230. The molecule has 1 aliphatic heterocycles. The summed E-state index contributed by atoms with van der Waals surface area (Å²) in [6, 6.07) is 0.230. The summed E-state index contributed by atoms with van der Waals surface area (Å²) in [5.41, 5.74) is 6.12. The summed E-state index contributed by atoms with van der Waals surface area (Å²) in [6.45, 7) is 8.47. The van der Waals surface area contributed by atoms with Gasteiger partial charge in [0.15, 0.2) is 0 Å². The van der Waals surface area contributed by atoms with Gasteiger partial charge in [0.05, 0.1) is 0 Å². The summed E-state index contributed by atoms with van der Waals surface area (Å²) in [5, 5.41) is 7.44. The third-order valence-corrected chi connectivity index (χ3v) is 4.16. The van der Waals surface area contributed by atoms with Crippen molar-refractivity contribution in [1.29, 1.82) is 0 Å². The van der Waals surface area contributed by atoms with Crippen molar-refractivity contribution in [1.82, 2.24) is 15.2 Å². The topological polar surface area (TPSA) is 70.8 Å². The molecule has 0 radical (unpaired) electrons. The number of anilines is 1. The van der Waals surface area contributed by atoms with Crippen LogP contribution in [0.3, 0.4) is 0 Å². The molecule has 18 heavy (non-hydrogen) atoms. The number of aromatic nitrogens is 3. The third-order valence-electron chi connectivity index (χ3n) is 4.16. The highest BCUT2D eigenvalue weighted by Gasteiger charge is 2.25. The van der Waals surface area contributed by atoms with Crippen molar-refractivity contribution in [3.8, 4) is 0 Å². The van der Waals surface area contributed by atoms with Crippen LogP contribution in [0.2, 0.25) is 0 Å². The molecule has 0 bridgehead atoms. The Balaban J connectivity index is 2.06. The minimum Gasteiger partial charge on any atom is -0.338 e. The number of aromatic amines is 1. The Morgan fingerprint density at radius 1 is 1.44 bits per heavy atom. The van der Waals surface area contributed by atoms with Crippen LogP contribution < -0.4 is 10.6 Å². The summed E-state index contributed by atoms with van der Waals surface area (Å²) in [6.07, 6.45) is 3.32. The standard InChI is InChI=1S/C13H25N5/c1-4-10(5-2)12-15-13(17-16-12)18-7-6-9(3)11(14)8-18/h9-11H,4-8,14H2,1-3H3,(H,15,16,17). The lowest BCUT2D eigenvalue weighted by molar-refractivity contribution is 0.376. The maximum Gasteiger partial charge on any atom is 0.244 e. The molecule has 1 fully saturated rings. The average Bonchev–Trinajstić information content (AvgIpc) is 2.84. The van der Waals surface area contributed by atoms with Gasteiger partial charge in [-0.05, 0) is 25.2 Å². The number of hydrogen-bond donors (Lipinski definition) is 2. The Morgan fingerprint density at radius 2 is 2.17 bits per heavy atom. The van der Waals surface area contributed by atoms with Gasteiger partial charge in [0.1, 0.15) is 5.82 Å². The van der Waals surface area contributed by atoms with Crippen LogP contribution in [0.5, 0.6) is 0 Å². The SMILES string of the molecule is CCC(CC)c1nc(N2CCC(C)C(N)C2)n[nH]1. The Hall–Kier alpha value is -1.10. The Labute approximate surface area is 109 Å². The summed E-state index contributed by atoms with van der Waals surface area (Å²) in [7, 11) is 0. The molecule has 1 aromatic rings. The molecule has 1 aromatic heterocycles. The van der Waals surface area contributed by atoms with E-state index in [1.807, 2.05) is 0 Å². The molecule has 0 spiro atoms. The molecule has 5 nitrogen and oxygen atoms in total. The largest absolute Gasteiger partial charge is 0.338 e. The van der Waals surface area contributed by atoms with Gasteiger partial charge in [0.25, 0.3) is 0 Å². The van der Waals surface area contributed by atoms with Gasteiger partial charge in [-0.3, -0.25) is 5.10 Å². The first-order chi connectivity index (χ1) is 8.65. The molecule has 0 aromatic carbocycles. The highest BCUT2D eigenvalue weighted by molar-refractivity contribution is 5.30. The Bertz CT molecular complexity index is 371. The maximum absolute atomic E-state index is 6.12. The molecule has 0 saturated carbocycles. The first kappa shape index (κ1) is 13.3. The van der Waals surface area contributed by atoms with Crippen molar-refractivity contribution in [3.05, 3.63) is 5.82 Å². The zero-order chi connectivity index (χ0) is 13.1. The second-order valence-corrected chi connectivity index (χ2v) is 5.41. The predicted molar refractivity (Wildman–Crippen MR) is 73.7 cm³/mol. The monoisotopic (exact) mass is 251 g/mol. The highest BCUT2D eigenvalue weighted by Crippen LogP contribution is 2.23. The van der Waals surface area contributed by atoms with Gasteiger partial charge in [-0.15, -0.1) is 5.10 Å². The van der Waals surface area contributed by atoms with Gasteiger partial charge in [0, 0.05) is 25.0 Å². The van der Waals surface area contributed by atoms with Crippen molar-refractivity contribution in [3.63, 3.8) is 0 Å². The van der Waals surface area contributed by atoms with Crippen molar-refractivity contribution in [2.45, 2.75) is 52.0 Å². The molecule has 102 valence electrons. The minimum absolute atomic E-state index is 0.230. The van der Waals surface area contributed by atoms with E-state index in [0.717, 1.165) is 44.1 Å². The summed E-state index contributed by atoms with van der Waals surface area (Å²) < 4.78 is 0. The molecule has 1 aliphatic rings. The molecule has 2 heterocycles. The normalized spacial score (nSPS) is 24.8. The average molecular weight is 251 g/mol. The molecule has 0 amide bonds. The van der Waals surface area contributed by atoms with E-state index in [9.17, 15) is 0 Å². The number of rotatable bonds is 4. The quantitative estimate of drug-likeness (QED) is 0.857. The van der Waals surface area contributed by atoms with Gasteiger partial charge in [-0.2, -0.15) is 4.98 Å². The first-order valence-corrected chi connectivity index (χ1v) is 7.08. The molecular formula is C13H25N5. The third kappa shape index (κ3) is 2.66. The van der Waals surface area contributed by atoms with Crippen LogP contribution >= 0.6 is 0 Å². The van der Waals surface area contributed by atoms with Crippen LogP contribution in [0.1, 0.15) is 51.8 Å². The first-order valence-electron chi connectivity index (χ1n) is 7.08. The molecule has 5 heteroatoms. The van der Waals surface area contributed by atoms with Crippen molar-refractivity contribution in [2.75, 3.05) is 18.0 Å². The van der Waals surface area contributed by atoms with E-state index in [2.05, 4.69) is 40.9 Å². The van der Waals surface area contributed by atoms with Crippen LogP contribution in [0.4, 0.5) is 5.95 Å². The van der Waals surface area contributed by atoms with Crippen molar-refractivity contribution >= 4 is 5.95 Å². The fraction of sp³-hybridized carbons (Fsp3) is 0.846. The lowest BCUT2D eigenvalue weighted by Crippen LogP contribution is -2.48. The Kier molecular flexibility index (Phi) is 4.22. The molecule has 3 N–H and O–H groups in total. The molecule has 2 rings (SSSR count). The number of hydrogen-bond acceptors (Lipinski definition) is 4. The zero-order valence-electron chi connectivity index (χ0n) is 11.7. The van der Waals surface area contributed by atoms with Crippen LogP contribution in [0, 0.1) is 5.92 Å². The summed E-state index contributed by atoms with van der Waals surface area (Å²) in [4.78, 5) is 6.84. The van der Waals surface area contributed by atoms with E-state index in [0.29, 0.717) is 11.8 Å². The van der Waals surface area contributed by atoms with Crippen LogP contribution in [0.15, 0.2) is 0 Å². The number of nitrogens with zero attached hydrogens (tertiary/aromatic N) is 3. The summed E-state index contributed by atoms with van der Waals surface area (Å²) >= 11 is 0. The van der Waals surface area contributed by atoms with Gasteiger partial charge in [0.2, 0.25) is 5.95 Å². The van der Waals surface area contributed by atoms with Crippen molar-refractivity contribution in [2.24, 2.45) is 11.7 Å². The number of nitrogens with two attached hydrogens (primary N) is 1. The number of piperidine rings is 1. The fourth-order valence-electron chi connectivity index (χ4n) is 2.55. The van der Waals surface area contributed by atoms with Crippen LogP contribution in [-0.4, -0.2) is 34.3 Å². The lowest BCUT2D eigenvalue weighted by atomic mass is 9.95. The molecule has 2 unspecified atom stereocenters. The van der Waals surface area contributed by atoms with E-state index < -0.39 is 0 Å². The van der Waals surface area contributed by atoms with E-state index in [1.54, 1.807) is 0 Å². The number of H-pyrrole nitrogens is 1. The van der Waals surface area contributed by atoms with Gasteiger partial charge in [-0.25, -0.2) is 0 Å². The maximum atomic E-state index is 6.12. The van der Waals surface area contributed by atoms with Crippen LogP contribution in [0.25, 0.3) is 0 Å². The predicted octanol–water partition coefficient (Wildman–Crippen LogP) is 1.88. The second kappa shape index (κ2) is 5.69. The zero-order valence-corrected chi connectivity index (χ0v) is 11.7. The van der Waals surface area contributed by atoms with Crippen molar-refractivity contribution < 1.29 is 0 Å². The fourth-order valence-corrected chi connectivity index (χ4v) is 2.55. The van der Waals surface area contributed by atoms with Gasteiger partial charge in [-0.1, -0.05) is 20.8 Å². The second-order valence-electron chi connectivity index (χ2n) is 5.41. The lowest BCUT2D eigenvalue weighted by Gasteiger charge is -2.34. The van der Waals surface area contributed by atoms with Gasteiger partial charge >= 0.3 is 0 Å². The smallest absolute Gasteiger partial charge is 0.244 e. The van der Waals surface area contributed by atoms with E-state index in [-0.39, 0.29) is 6.04 Å². The molecule has 1 saturated heterocycles.